The molecule has 0 atom stereocenters. The second kappa shape index (κ2) is 6.06. The molecule has 1 aromatic carbocycles. The number of rotatable bonds is 4. The molecule has 0 aliphatic carbocycles. The molecule has 0 radical (unpaired) electrons. The normalized spacial score (nSPS) is 10.5. The van der Waals surface area contributed by atoms with Crippen LogP contribution in [0.1, 0.15) is 25.0 Å². The highest BCUT2D eigenvalue weighted by Crippen LogP contribution is 2.30. The number of anilines is 3. The van der Waals surface area contributed by atoms with Crippen molar-refractivity contribution < 1.29 is 0 Å². The molecule has 0 amide bonds. The molecule has 4 heteroatoms. The maximum Gasteiger partial charge on any atom is 0.144 e. The summed E-state index contributed by atoms with van der Waals surface area (Å²) in [5, 5.41) is 3.42. The van der Waals surface area contributed by atoms with E-state index in [-0.39, 0.29) is 0 Å². The number of benzene rings is 1. The van der Waals surface area contributed by atoms with E-state index in [0.29, 0.717) is 5.69 Å². The van der Waals surface area contributed by atoms with Gasteiger partial charge in [-0.15, -0.1) is 0 Å². The van der Waals surface area contributed by atoms with Crippen LogP contribution in [-0.4, -0.2) is 4.98 Å². The molecule has 3 nitrogen and oxygen atoms in total. The predicted molar refractivity (Wildman–Crippen MR) is 84.8 cm³/mol. The van der Waals surface area contributed by atoms with E-state index in [0.717, 1.165) is 28.8 Å². The van der Waals surface area contributed by atoms with Crippen LogP contribution in [0.2, 0.25) is 0 Å². The van der Waals surface area contributed by atoms with Crippen molar-refractivity contribution >= 4 is 33.1 Å². The van der Waals surface area contributed by atoms with Crippen LogP contribution < -0.4 is 11.1 Å². The Balaban J connectivity index is 2.42. The third-order valence-electron chi connectivity index (χ3n) is 3.10. The highest BCUT2D eigenvalue weighted by atomic mass is 79.9. The average Bonchev–Trinajstić information content (AvgIpc) is 2.42. The van der Waals surface area contributed by atoms with Gasteiger partial charge < -0.3 is 11.1 Å². The second-order valence-electron chi connectivity index (χ2n) is 4.38. The van der Waals surface area contributed by atoms with Gasteiger partial charge >= 0.3 is 0 Å². The first-order valence-electron chi connectivity index (χ1n) is 6.44. The number of nitrogens with two attached hydrogens (primary N) is 1. The summed E-state index contributed by atoms with van der Waals surface area (Å²) in [7, 11) is 0. The van der Waals surface area contributed by atoms with Crippen LogP contribution in [0.25, 0.3) is 0 Å². The van der Waals surface area contributed by atoms with Gasteiger partial charge in [-0.1, -0.05) is 32.0 Å². The first-order chi connectivity index (χ1) is 9.15. The Hall–Kier alpha value is -1.55. The van der Waals surface area contributed by atoms with E-state index in [1.807, 2.05) is 6.07 Å². The zero-order chi connectivity index (χ0) is 13.8. The molecule has 0 fully saturated rings. The number of aromatic nitrogens is 1. The van der Waals surface area contributed by atoms with Crippen molar-refractivity contribution in [3.63, 3.8) is 0 Å². The van der Waals surface area contributed by atoms with Crippen molar-refractivity contribution in [2.45, 2.75) is 26.7 Å². The minimum absolute atomic E-state index is 0.650. The lowest BCUT2D eigenvalue weighted by Gasteiger charge is -2.15. The van der Waals surface area contributed by atoms with Gasteiger partial charge in [0.05, 0.1) is 16.4 Å². The predicted octanol–water partition coefficient (Wildman–Crippen LogP) is 4.29. The van der Waals surface area contributed by atoms with Crippen molar-refractivity contribution in [2.75, 3.05) is 11.1 Å². The molecule has 0 aliphatic rings. The average molecular weight is 320 g/mol. The summed E-state index contributed by atoms with van der Waals surface area (Å²) in [5.74, 6) is 0.796. The van der Waals surface area contributed by atoms with Gasteiger partial charge in [0.25, 0.3) is 0 Å². The van der Waals surface area contributed by atoms with E-state index in [9.17, 15) is 0 Å². The second-order valence-corrected chi connectivity index (χ2v) is 5.24. The molecule has 2 aromatic rings. The minimum atomic E-state index is 0.650. The van der Waals surface area contributed by atoms with E-state index < -0.39 is 0 Å². The number of pyridine rings is 1. The summed E-state index contributed by atoms with van der Waals surface area (Å²) >= 11 is 3.49. The molecule has 0 bridgehead atoms. The highest BCUT2D eigenvalue weighted by molar-refractivity contribution is 9.10. The summed E-state index contributed by atoms with van der Waals surface area (Å²) in [6.45, 7) is 4.32. The number of nitrogens with zero attached hydrogens (tertiary/aromatic N) is 1. The van der Waals surface area contributed by atoms with Gasteiger partial charge in [0, 0.05) is 5.69 Å². The Morgan fingerprint density at radius 1 is 1.21 bits per heavy atom. The van der Waals surface area contributed by atoms with Crippen LogP contribution in [0, 0.1) is 0 Å². The number of nitrogen functional groups attached to an aromatic ring is 1. The first kappa shape index (κ1) is 13.9. The largest absolute Gasteiger partial charge is 0.397 e. The van der Waals surface area contributed by atoms with Gasteiger partial charge in [-0.25, -0.2) is 4.98 Å². The topological polar surface area (TPSA) is 50.9 Å². The van der Waals surface area contributed by atoms with Crippen molar-refractivity contribution in [1.29, 1.82) is 0 Å². The van der Waals surface area contributed by atoms with E-state index in [4.69, 9.17) is 5.73 Å². The molecule has 1 heterocycles. The van der Waals surface area contributed by atoms with Crippen molar-refractivity contribution in [3.8, 4) is 0 Å². The number of aryl methyl sites for hydroxylation is 2. The monoisotopic (exact) mass is 319 g/mol. The maximum absolute atomic E-state index is 5.71. The van der Waals surface area contributed by atoms with Gasteiger partial charge in [-0.2, -0.15) is 0 Å². The summed E-state index contributed by atoms with van der Waals surface area (Å²) in [4.78, 5) is 4.34. The molecule has 0 saturated heterocycles. The Labute approximate surface area is 122 Å². The van der Waals surface area contributed by atoms with Gasteiger partial charge in [-0.05, 0) is 46.0 Å². The van der Waals surface area contributed by atoms with Crippen LogP contribution in [0.5, 0.6) is 0 Å². The fourth-order valence-electron chi connectivity index (χ4n) is 2.07. The zero-order valence-electron chi connectivity index (χ0n) is 11.2. The molecule has 0 aliphatic heterocycles. The van der Waals surface area contributed by atoms with E-state index in [2.05, 4.69) is 58.3 Å². The van der Waals surface area contributed by atoms with Crippen molar-refractivity contribution in [3.05, 3.63) is 46.1 Å². The lowest BCUT2D eigenvalue weighted by molar-refractivity contribution is 1.08. The molecule has 0 unspecified atom stereocenters. The third kappa shape index (κ3) is 3.07. The minimum Gasteiger partial charge on any atom is -0.397 e. The maximum atomic E-state index is 5.71. The number of para-hydroxylation sites is 1. The number of hydrogen-bond acceptors (Lipinski definition) is 3. The smallest absolute Gasteiger partial charge is 0.144 e. The summed E-state index contributed by atoms with van der Waals surface area (Å²) < 4.78 is 0.875. The summed E-state index contributed by atoms with van der Waals surface area (Å²) in [5.41, 5.74) is 10.1. The standard InChI is InChI=1S/C15H18BrN3/c1-3-10-6-5-7-11(4-2)14(10)19-15-13(16)8-12(17)9-18-15/h5-9H,3-4,17H2,1-2H3,(H,18,19). The number of hydrogen-bond donors (Lipinski definition) is 2. The molecular weight excluding hydrogens is 302 g/mol. The fraction of sp³-hybridized carbons (Fsp3) is 0.267. The lowest BCUT2D eigenvalue weighted by atomic mass is 10.0. The Kier molecular flexibility index (Phi) is 4.43. The fourth-order valence-corrected chi connectivity index (χ4v) is 2.53. The van der Waals surface area contributed by atoms with Crippen molar-refractivity contribution in [1.82, 2.24) is 4.98 Å². The number of nitrogens with one attached hydrogen (secondary N) is 1. The van der Waals surface area contributed by atoms with Gasteiger partial charge in [0.2, 0.25) is 0 Å². The van der Waals surface area contributed by atoms with E-state index in [1.165, 1.54) is 11.1 Å². The Morgan fingerprint density at radius 2 is 1.84 bits per heavy atom. The Morgan fingerprint density at radius 3 is 2.37 bits per heavy atom. The van der Waals surface area contributed by atoms with Crippen LogP contribution in [-0.2, 0) is 12.8 Å². The summed E-state index contributed by atoms with van der Waals surface area (Å²) in [6.07, 6.45) is 3.64. The summed E-state index contributed by atoms with van der Waals surface area (Å²) in [6, 6.07) is 8.25. The molecule has 3 N–H and O–H groups in total. The quantitative estimate of drug-likeness (QED) is 0.883. The van der Waals surface area contributed by atoms with Crippen LogP contribution in [0.3, 0.4) is 0 Å². The molecule has 0 spiro atoms. The van der Waals surface area contributed by atoms with E-state index >= 15 is 0 Å². The third-order valence-corrected chi connectivity index (χ3v) is 3.71. The molecule has 1 aromatic heterocycles. The van der Waals surface area contributed by atoms with Gasteiger partial charge in [0.1, 0.15) is 5.82 Å². The van der Waals surface area contributed by atoms with Gasteiger partial charge in [-0.3, -0.25) is 0 Å². The SMILES string of the molecule is CCc1cccc(CC)c1Nc1ncc(N)cc1Br. The number of halogens is 1. The first-order valence-corrected chi connectivity index (χ1v) is 7.23. The molecule has 0 saturated carbocycles. The zero-order valence-corrected chi connectivity index (χ0v) is 12.8. The molecule has 2 rings (SSSR count). The lowest BCUT2D eigenvalue weighted by Crippen LogP contribution is -2.02. The van der Waals surface area contributed by atoms with Crippen LogP contribution >= 0.6 is 15.9 Å². The molecule has 100 valence electrons. The van der Waals surface area contributed by atoms with E-state index in [1.54, 1.807) is 6.20 Å². The molecular formula is C15H18BrN3. The van der Waals surface area contributed by atoms with Crippen LogP contribution in [0.15, 0.2) is 34.9 Å². The van der Waals surface area contributed by atoms with Crippen LogP contribution in [0.4, 0.5) is 17.2 Å². The highest BCUT2D eigenvalue weighted by Gasteiger charge is 2.09. The molecule has 19 heavy (non-hydrogen) atoms. The van der Waals surface area contributed by atoms with Gasteiger partial charge in [0.15, 0.2) is 0 Å². The van der Waals surface area contributed by atoms with Crippen molar-refractivity contribution in [2.24, 2.45) is 0 Å². The Bertz CT molecular complexity index is 559.